The van der Waals surface area contributed by atoms with Crippen LogP contribution in [0.25, 0.3) is 0 Å². The molecule has 0 radical (unpaired) electrons. The first-order chi connectivity index (χ1) is 12.4. The number of nitrogens with one attached hydrogen (secondary N) is 1. The third-order valence-corrected chi connectivity index (χ3v) is 4.18. The van der Waals surface area contributed by atoms with Crippen molar-refractivity contribution in [2.75, 3.05) is 13.2 Å². The Morgan fingerprint density at radius 3 is 2.81 bits per heavy atom. The molecule has 7 nitrogen and oxygen atoms in total. The molecule has 0 saturated heterocycles. The highest BCUT2D eigenvalue weighted by atomic mass is 32.2. The van der Waals surface area contributed by atoms with Crippen molar-refractivity contribution >= 4 is 17.8 Å². The summed E-state index contributed by atoms with van der Waals surface area (Å²) in [5, 5.41) is 13.8. The second kappa shape index (κ2) is 9.43. The Kier molecular flexibility index (Phi) is 7.27. The van der Waals surface area contributed by atoms with E-state index < -0.39 is 11.6 Å². The average molecular weight is 382 g/mol. The summed E-state index contributed by atoms with van der Waals surface area (Å²) in [5.41, 5.74) is 7.58. The number of pyridine rings is 1. The van der Waals surface area contributed by atoms with Crippen LogP contribution in [0, 0.1) is 18.6 Å². The average Bonchev–Trinajstić information content (AvgIpc) is 2.59. The number of hydrazine groups is 1. The van der Waals surface area contributed by atoms with E-state index in [-0.39, 0.29) is 19.0 Å². The first kappa shape index (κ1) is 20.0. The van der Waals surface area contributed by atoms with Crippen molar-refractivity contribution in [3.8, 4) is 0 Å². The van der Waals surface area contributed by atoms with E-state index in [1.54, 1.807) is 13.0 Å². The van der Waals surface area contributed by atoms with Crippen molar-refractivity contribution in [2.24, 2.45) is 16.7 Å². The van der Waals surface area contributed by atoms with Gasteiger partial charge in [-0.3, -0.25) is 9.71 Å². The molecular weight excluding hydrogens is 362 g/mol. The molecule has 2 rings (SSSR count). The fraction of sp³-hybridized carbons (Fsp3) is 0.250. The Labute approximate surface area is 154 Å². The lowest BCUT2D eigenvalue weighted by Gasteiger charge is -2.15. The summed E-state index contributed by atoms with van der Waals surface area (Å²) >= 11 is 1.08. The first-order valence-electron chi connectivity index (χ1n) is 7.68. The number of aromatic nitrogens is 1. The van der Waals surface area contributed by atoms with Crippen molar-refractivity contribution in [3.63, 3.8) is 0 Å². The van der Waals surface area contributed by atoms with Gasteiger partial charge in [0.25, 0.3) is 0 Å². The van der Waals surface area contributed by atoms with Crippen molar-refractivity contribution in [2.45, 2.75) is 18.4 Å². The summed E-state index contributed by atoms with van der Waals surface area (Å²) in [7, 11) is 0. The molecule has 0 spiro atoms. The number of nitrogens with zero attached hydrogens (tertiary/aromatic N) is 3. The molecule has 26 heavy (non-hydrogen) atoms. The molecule has 0 bridgehead atoms. The van der Waals surface area contributed by atoms with Gasteiger partial charge < -0.3 is 10.8 Å². The smallest absolute Gasteiger partial charge is 0.152 e. The van der Waals surface area contributed by atoms with E-state index in [4.69, 9.17) is 16.7 Å². The second-order valence-corrected chi connectivity index (χ2v) is 6.30. The minimum absolute atomic E-state index is 0.0411. The van der Waals surface area contributed by atoms with Gasteiger partial charge in [-0.1, -0.05) is 0 Å². The van der Waals surface area contributed by atoms with E-state index in [1.807, 2.05) is 0 Å². The highest BCUT2D eigenvalue weighted by Crippen LogP contribution is 2.23. The standard InChI is InChI=1S/C16H20F2N6OS/c1-10-6-15(26-22-4-5-25)14(18)7-13(10)16(19)23-24(20)9-12-3-2-11(17)8-21-12/h2-3,6-8,22,25H,4-5,9,20H2,1H3,(H2,19,23). The summed E-state index contributed by atoms with van der Waals surface area (Å²) in [6.45, 7) is 2.19. The molecule has 1 aromatic carbocycles. The van der Waals surface area contributed by atoms with Gasteiger partial charge in [0.1, 0.15) is 11.6 Å². The number of aliphatic hydroxyl groups is 1. The Bertz CT molecular complexity index is 772. The lowest BCUT2D eigenvalue weighted by Crippen LogP contribution is -2.29. The lowest BCUT2D eigenvalue weighted by atomic mass is 10.1. The normalized spacial score (nSPS) is 11.7. The van der Waals surface area contributed by atoms with Gasteiger partial charge in [0, 0.05) is 12.1 Å². The van der Waals surface area contributed by atoms with E-state index in [9.17, 15) is 8.78 Å². The van der Waals surface area contributed by atoms with Crippen molar-refractivity contribution in [1.29, 1.82) is 0 Å². The van der Waals surface area contributed by atoms with Crippen LogP contribution in [-0.2, 0) is 6.54 Å². The van der Waals surface area contributed by atoms with Crippen LogP contribution in [0.3, 0.4) is 0 Å². The van der Waals surface area contributed by atoms with Crippen LogP contribution in [0.5, 0.6) is 0 Å². The van der Waals surface area contributed by atoms with Crippen molar-refractivity contribution < 1.29 is 13.9 Å². The van der Waals surface area contributed by atoms with Gasteiger partial charge in [-0.2, -0.15) is 0 Å². The van der Waals surface area contributed by atoms with Gasteiger partial charge in [-0.05, 0) is 48.7 Å². The van der Waals surface area contributed by atoms with Crippen LogP contribution in [0.1, 0.15) is 16.8 Å². The van der Waals surface area contributed by atoms with Gasteiger partial charge in [0.2, 0.25) is 0 Å². The lowest BCUT2D eigenvalue weighted by molar-refractivity contribution is 0.286. The Morgan fingerprint density at radius 1 is 1.38 bits per heavy atom. The Hall–Kier alpha value is -2.27. The molecule has 0 aliphatic rings. The molecule has 0 amide bonds. The summed E-state index contributed by atoms with van der Waals surface area (Å²) in [6, 6.07) is 5.66. The van der Waals surface area contributed by atoms with E-state index in [1.165, 1.54) is 18.2 Å². The third-order valence-electron chi connectivity index (χ3n) is 3.30. The summed E-state index contributed by atoms with van der Waals surface area (Å²) in [5.74, 6) is 4.91. The summed E-state index contributed by atoms with van der Waals surface area (Å²) in [6.07, 6.45) is 1.08. The fourth-order valence-electron chi connectivity index (χ4n) is 2.08. The summed E-state index contributed by atoms with van der Waals surface area (Å²) < 4.78 is 29.9. The van der Waals surface area contributed by atoms with Gasteiger partial charge in [-0.25, -0.2) is 19.7 Å². The zero-order valence-corrected chi connectivity index (χ0v) is 14.9. The Balaban J connectivity index is 2.11. The molecule has 0 atom stereocenters. The highest BCUT2D eigenvalue weighted by Gasteiger charge is 2.12. The van der Waals surface area contributed by atoms with Crippen molar-refractivity contribution in [3.05, 3.63) is 58.9 Å². The number of halogens is 2. The number of aliphatic hydroxyl groups excluding tert-OH is 1. The van der Waals surface area contributed by atoms with Gasteiger partial charge >= 0.3 is 0 Å². The molecule has 0 aliphatic heterocycles. The minimum Gasteiger partial charge on any atom is -0.395 e. The topological polar surface area (TPSA) is 113 Å². The zero-order valence-electron chi connectivity index (χ0n) is 14.1. The van der Waals surface area contributed by atoms with E-state index in [0.717, 1.165) is 23.3 Å². The maximum absolute atomic E-state index is 14.2. The van der Waals surface area contributed by atoms with E-state index in [0.29, 0.717) is 28.3 Å². The molecule has 0 fully saturated rings. The molecule has 0 aliphatic carbocycles. The molecule has 0 saturated carbocycles. The molecule has 6 N–H and O–H groups in total. The number of hydrazone groups is 1. The van der Waals surface area contributed by atoms with Crippen molar-refractivity contribution in [1.82, 2.24) is 14.8 Å². The molecule has 1 aromatic heterocycles. The van der Waals surface area contributed by atoms with Gasteiger partial charge in [0.15, 0.2) is 5.84 Å². The monoisotopic (exact) mass is 382 g/mol. The third kappa shape index (κ3) is 5.63. The van der Waals surface area contributed by atoms with Gasteiger partial charge in [0.05, 0.1) is 29.9 Å². The number of aryl methyl sites for hydroxylation is 1. The zero-order chi connectivity index (χ0) is 19.1. The number of amidine groups is 1. The number of hydrogen-bond acceptors (Lipinski definition) is 7. The largest absolute Gasteiger partial charge is 0.395 e. The molecule has 2 aromatic rings. The minimum atomic E-state index is -0.469. The SMILES string of the molecule is Cc1cc(SNCCO)c(F)cc1/C(N)=N/N(N)Cc1ccc(F)cn1. The van der Waals surface area contributed by atoms with E-state index in [2.05, 4.69) is 14.8 Å². The van der Waals surface area contributed by atoms with Gasteiger partial charge in [-0.15, -0.1) is 5.10 Å². The fourth-order valence-corrected chi connectivity index (χ4v) is 2.82. The van der Waals surface area contributed by atoms with Crippen LogP contribution < -0.4 is 16.3 Å². The van der Waals surface area contributed by atoms with Crippen LogP contribution in [0.2, 0.25) is 0 Å². The maximum Gasteiger partial charge on any atom is 0.152 e. The van der Waals surface area contributed by atoms with Crippen LogP contribution in [0.4, 0.5) is 8.78 Å². The molecular formula is C16H20F2N6OS. The van der Waals surface area contributed by atoms with Crippen LogP contribution >= 0.6 is 11.9 Å². The maximum atomic E-state index is 14.2. The number of nitrogens with two attached hydrogens (primary N) is 2. The number of hydrogen-bond donors (Lipinski definition) is 4. The Morgan fingerprint density at radius 2 is 2.15 bits per heavy atom. The quantitative estimate of drug-likeness (QED) is 0.136. The van der Waals surface area contributed by atoms with E-state index >= 15 is 0 Å². The second-order valence-electron chi connectivity index (χ2n) is 5.37. The number of rotatable bonds is 8. The predicted octanol–water partition coefficient (Wildman–Crippen LogP) is 1.25. The summed E-state index contributed by atoms with van der Waals surface area (Å²) in [4.78, 5) is 4.26. The molecule has 1 heterocycles. The highest BCUT2D eigenvalue weighted by molar-refractivity contribution is 7.97. The van der Waals surface area contributed by atoms with Crippen LogP contribution in [-0.4, -0.2) is 34.2 Å². The molecule has 10 heteroatoms. The molecule has 0 unspecified atom stereocenters. The predicted molar refractivity (Wildman–Crippen MR) is 96.7 cm³/mol. The number of benzene rings is 1. The first-order valence-corrected chi connectivity index (χ1v) is 8.50. The molecule has 140 valence electrons. The van der Waals surface area contributed by atoms with Crippen LogP contribution in [0.15, 0.2) is 40.5 Å².